The van der Waals surface area contributed by atoms with Gasteiger partial charge in [-0.25, -0.2) is 0 Å². The predicted octanol–water partition coefficient (Wildman–Crippen LogP) is 2.09. The Morgan fingerprint density at radius 3 is 2.88 bits per heavy atom. The number of rotatable bonds is 5. The van der Waals surface area contributed by atoms with Crippen molar-refractivity contribution >= 4 is 0 Å². The fourth-order valence-corrected chi connectivity index (χ4v) is 3.26. The molecule has 0 aromatic rings. The zero-order valence-electron chi connectivity index (χ0n) is 11.1. The maximum absolute atomic E-state index is 8.89. The fourth-order valence-electron chi connectivity index (χ4n) is 3.26. The lowest BCUT2D eigenvalue weighted by Crippen LogP contribution is -2.46. The van der Waals surface area contributed by atoms with Gasteiger partial charge in [0.25, 0.3) is 0 Å². The molecule has 0 radical (unpaired) electrons. The van der Waals surface area contributed by atoms with Crippen LogP contribution in [-0.2, 0) is 4.74 Å². The largest absolute Gasteiger partial charge is 0.396 e. The molecule has 0 aromatic heterocycles. The van der Waals surface area contributed by atoms with Crippen molar-refractivity contribution in [3.05, 3.63) is 0 Å². The van der Waals surface area contributed by atoms with E-state index in [1.54, 1.807) is 0 Å². The summed E-state index contributed by atoms with van der Waals surface area (Å²) in [5, 5.41) is 12.6. The number of ether oxygens (including phenoxy) is 1. The molecular weight excluding hydrogens is 214 g/mol. The summed E-state index contributed by atoms with van der Waals surface area (Å²) in [6.45, 7) is 4.46. The SMILES string of the molecule is CC(CCO)CNC1CCOC2(CCCC2)C1. The molecule has 0 amide bonds. The lowest BCUT2D eigenvalue weighted by molar-refractivity contribution is -0.0838. The van der Waals surface area contributed by atoms with Crippen molar-refractivity contribution in [1.82, 2.24) is 5.32 Å². The molecule has 1 heterocycles. The van der Waals surface area contributed by atoms with Gasteiger partial charge in [0.2, 0.25) is 0 Å². The Hall–Kier alpha value is -0.120. The van der Waals surface area contributed by atoms with Crippen LogP contribution >= 0.6 is 0 Å². The molecule has 17 heavy (non-hydrogen) atoms. The zero-order chi connectivity index (χ0) is 12.1. The van der Waals surface area contributed by atoms with Gasteiger partial charge in [0.15, 0.2) is 0 Å². The molecule has 3 heteroatoms. The third kappa shape index (κ3) is 3.67. The Balaban J connectivity index is 1.74. The normalized spacial score (nSPS) is 29.6. The van der Waals surface area contributed by atoms with E-state index in [1.165, 1.54) is 32.1 Å². The van der Waals surface area contributed by atoms with E-state index >= 15 is 0 Å². The first-order valence-corrected chi connectivity index (χ1v) is 7.22. The Morgan fingerprint density at radius 1 is 1.41 bits per heavy atom. The van der Waals surface area contributed by atoms with E-state index in [-0.39, 0.29) is 5.60 Å². The molecule has 2 fully saturated rings. The standard InChI is InChI=1S/C14H27NO2/c1-12(4-8-16)11-15-13-5-9-17-14(10-13)6-2-3-7-14/h12-13,15-16H,2-11H2,1H3. The minimum atomic E-state index is 0.218. The van der Waals surface area contributed by atoms with Gasteiger partial charge in [-0.05, 0) is 44.6 Å². The van der Waals surface area contributed by atoms with Gasteiger partial charge in [-0.3, -0.25) is 0 Å². The second-order valence-corrected chi connectivity index (χ2v) is 5.95. The van der Waals surface area contributed by atoms with E-state index in [4.69, 9.17) is 9.84 Å². The number of aliphatic hydroxyl groups excluding tert-OH is 1. The van der Waals surface area contributed by atoms with Crippen molar-refractivity contribution in [2.24, 2.45) is 5.92 Å². The average molecular weight is 241 g/mol. The lowest BCUT2D eigenvalue weighted by atomic mass is 9.88. The van der Waals surface area contributed by atoms with E-state index < -0.39 is 0 Å². The number of hydrogen-bond acceptors (Lipinski definition) is 3. The van der Waals surface area contributed by atoms with Crippen molar-refractivity contribution in [3.8, 4) is 0 Å². The Labute approximate surface area is 105 Å². The van der Waals surface area contributed by atoms with E-state index in [2.05, 4.69) is 12.2 Å². The topological polar surface area (TPSA) is 41.5 Å². The molecule has 1 aliphatic carbocycles. The minimum Gasteiger partial charge on any atom is -0.396 e. The molecule has 2 N–H and O–H groups in total. The molecule has 1 aliphatic heterocycles. The Kier molecular flexibility index (Phi) is 4.83. The van der Waals surface area contributed by atoms with Crippen LogP contribution in [0.25, 0.3) is 0 Å². The van der Waals surface area contributed by atoms with Gasteiger partial charge in [0, 0.05) is 19.3 Å². The van der Waals surface area contributed by atoms with Crippen LogP contribution in [0.4, 0.5) is 0 Å². The minimum absolute atomic E-state index is 0.218. The van der Waals surface area contributed by atoms with Crippen molar-refractivity contribution < 1.29 is 9.84 Å². The molecule has 1 spiro atoms. The predicted molar refractivity (Wildman–Crippen MR) is 69.0 cm³/mol. The molecule has 2 aliphatic rings. The third-order valence-electron chi connectivity index (χ3n) is 4.38. The van der Waals surface area contributed by atoms with Crippen LogP contribution in [0.3, 0.4) is 0 Å². The maximum Gasteiger partial charge on any atom is 0.0697 e. The zero-order valence-corrected chi connectivity index (χ0v) is 11.1. The first kappa shape index (κ1) is 13.3. The van der Waals surface area contributed by atoms with Crippen molar-refractivity contribution in [2.75, 3.05) is 19.8 Å². The van der Waals surface area contributed by atoms with Crippen molar-refractivity contribution in [3.63, 3.8) is 0 Å². The highest BCUT2D eigenvalue weighted by atomic mass is 16.5. The van der Waals surface area contributed by atoms with E-state index in [0.717, 1.165) is 26.0 Å². The summed E-state index contributed by atoms with van der Waals surface area (Å²) in [5.41, 5.74) is 0.218. The van der Waals surface area contributed by atoms with Gasteiger partial charge < -0.3 is 15.2 Å². The van der Waals surface area contributed by atoms with E-state index in [9.17, 15) is 0 Å². The molecule has 1 saturated carbocycles. The molecule has 0 bridgehead atoms. The third-order valence-corrected chi connectivity index (χ3v) is 4.38. The number of nitrogens with one attached hydrogen (secondary N) is 1. The first-order valence-electron chi connectivity index (χ1n) is 7.22. The van der Waals surface area contributed by atoms with Crippen LogP contribution < -0.4 is 5.32 Å². The highest BCUT2D eigenvalue weighted by Gasteiger charge is 2.39. The van der Waals surface area contributed by atoms with Gasteiger partial charge in [-0.1, -0.05) is 19.8 Å². The Morgan fingerprint density at radius 2 is 2.18 bits per heavy atom. The van der Waals surface area contributed by atoms with Crippen LogP contribution in [0.2, 0.25) is 0 Å². The molecule has 2 rings (SSSR count). The molecule has 1 saturated heterocycles. The van der Waals surface area contributed by atoms with E-state index in [1.807, 2.05) is 0 Å². The lowest BCUT2D eigenvalue weighted by Gasteiger charge is -2.39. The van der Waals surface area contributed by atoms with Gasteiger partial charge in [0.1, 0.15) is 0 Å². The number of hydrogen-bond donors (Lipinski definition) is 2. The smallest absolute Gasteiger partial charge is 0.0697 e. The summed E-state index contributed by atoms with van der Waals surface area (Å²) in [7, 11) is 0. The molecular formula is C14H27NO2. The van der Waals surface area contributed by atoms with E-state index in [0.29, 0.717) is 18.6 Å². The monoisotopic (exact) mass is 241 g/mol. The highest BCUT2D eigenvalue weighted by Crippen LogP contribution is 2.39. The van der Waals surface area contributed by atoms with Crippen LogP contribution in [0.5, 0.6) is 0 Å². The quantitative estimate of drug-likeness (QED) is 0.774. The highest BCUT2D eigenvalue weighted by molar-refractivity contribution is 4.93. The molecule has 2 atom stereocenters. The van der Waals surface area contributed by atoms with Crippen LogP contribution in [0, 0.1) is 5.92 Å². The van der Waals surface area contributed by atoms with Crippen molar-refractivity contribution in [2.45, 2.75) is 63.5 Å². The van der Waals surface area contributed by atoms with Gasteiger partial charge >= 0.3 is 0 Å². The van der Waals surface area contributed by atoms with Crippen molar-refractivity contribution in [1.29, 1.82) is 0 Å². The summed E-state index contributed by atoms with van der Waals surface area (Å²) in [5.74, 6) is 0.572. The Bertz CT molecular complexity index is 226. The first-order chi connectivity index (χ1) is 8.24. The van der Waals surface area contributed by atoms with Gasteiger partial charge in [-0.2, -0.15) is 0 Å². The molecule has 0 aromatic carbocycles. The van der Waals surface area contributed by atoms with Crippen LogP contribution in [0.15, 0.2) is 0 Å². The van der Waals surface area contributed by atoms with Gasteiger partial charge in [-0.15, -0.1) is 0 Å². The fraction of sp³-hybridized carbons (Fsp3) is 1.00. The summed E-state index contributed by atoms with van der Waals surface area (Å²) in [4.78, 5) is 0. The van der Waals surface area contributed by atoms with Crippen LogP contribution in [-0.4, -0.2) is 36.5 Å². The second-order valence-electron chi connectivity index (χ2n) is 5.95. The average Bonchev–Trinajstić information content (AvgIpc) is 2.75. The number of aliphatic hydroxyl groups is 1. The molecule has 100 valence electrons. The molecule has 3 nitrogen and oxygen atoms in total. The maximum atomic E-state index is 8.89. The second kappa shape index (κ2) is 6.17. The molecule has 2 unspecified atom stereocenters. The summed E-state index contributed by atoms with van der Waals surface area (Å²) < 4.78 is 6.03. The summed E-state index contributed by atoms with van der Waals surface area (Å²) >= 11 is 0. The summed E-state index contributed by atoms with van der Waals surface area (Å²) in [6.07, 6.45) is 8.45. The van der Waals surface area contributed by atoms with Crippen LogP contribution in [0.1, 0.15) is 51.9 Å². The summed E-state index contributed by atoms with van der Waals surface area (Å²) in [6, 6.07) is 0.628. The van der Waals surface area contributed by atoms with Gasteiger partial charge in [0.05, 0.1) is 5.60 Å².